The molecule has 0 amide bonds. The molecule has 0 saturated heterocycles. The first-order chi connectivity index (χ1) is 16.8. The van der Waals surface area contributed by atoms with Crippen molar-refractivity contribution in [2.45, 2.75) is 26.3 Å². The second-order valence-electron chi connectivity index (χ2n) is 8.23. The van der Waals surface area contributed by atoms with Crippen LogP contribution in [0.15, 0.2) is 53.5 Å². The lowest BCUT2D eigenvalue weighted by Crippen LogP contribution is -2.28. The molecule has 4 N–H and O–H groups in total. The summed E-state index contributed by atoms with van der Waals surface area (Å²) in [6.07, 6.45) is 2.25. The number of aromatic nitrogens is 4. The van der Waals surface area contributed by atoms with E-state index in [1.165, 1.54) is 16.8 Å². The highest BCUT2D eigenvalue weighted by atomic mass is 127. The smallest absolute Gasteiger partial charge is 0.329 e. The van der Waals surface area contributed by atoms with E-state index in [0.717, 1.165) is 3.57 Å². The number of imidazole rings is 2. The van der Waals surface area contributed by atoms with Crippen LogP contribution in [0.3, 0.4) is 0 Å². The van der Waals surface area contributed by atoms with Gasteiger partial charge in [-0.05, 0) is 71.0 Å². The van der Waals surface area contributed by atoms with Crippen LogP contribution >= 0.6 is 22.6 Å². The summed E-state index contributed by atoms with van der Waals surface area (Å²) in [5.41, 5.74) is 1.25. The lowest BCUT2D eigenvalue weighted by atomic mass is 9.98. The molecule has 0 saturated carbocycles. The molecule has 184 valence electrons. The van der Waals surface area contributed by atoms with Crippen molar-refractivity contribution in [2.24, 2.45) is 5.92 Å². The molecule has 0 fully saturated rings. The van der Waals surface area contributed by atoms with Crippen LogP contribution < -0.4 is 10.4 Å². The highest BCUT2D eigenvalue weighted by Crippen LogP contribution is 2.35. The average Bonchev–Trinajstić information content (AvgIpc) is 3.43. The number of H-pyrrole nitrogens is 2. The molecule has 2 heterocycles. The van der Waals surface area contributed by atoms with Crippen molar-refractivity contribution in [3.63, 3.8) is 0 Å². The summed E-state index contributed by atoms with van der Waals surface area (Å²) in [6.45, 7) is 4.03. The number of rotatable bonds is 9. The first-order valence-electron chi connectivity index (χ1n) is 11.2. The van der Waals surface area contributed by atoms with Crippen molar-refractivity contribution in [1.82, 2.24) is 19.5 Å². The van der Waals surface area contributed by atoms with Crippen molar-refractivity contribution in [2.75, 3.05) is 13.2 Å². The number of nitrogens with one attached hydrogen (secondary N) is 2. The van der Waals surface area contributed by atoms with Crippen LogP contribution in [0.1, 0.15) is 32.1 Å². The summed E-state index contributed by atoms with van der Waals surface area (Å²) < 4.78 is 22.0. The minimum absolute atomic E-state index is 0.0722. The fraction of sp³-hybridized carbons (Fsp3) is 0.280. The van der Waals surface area contributed by atoms with E-state index in [2.05, 4.69) is 15.0 Å². The van der Waals surface area contributed by atoms with E-state index in [4.69, 9.17) is 9.84 Å². The minimum Gasteiger partial charge on any atom is -0.493 e. The first-order valence-corrected chi connectivity index (χ1v) is 12.3. The van der Waals surface area contributed by atoms with Crippen LogP contribution in [-0.2, 0) is 0 Å². The second kappa shape index (κ2) is 10.6. The van der Waals surface area contributed by atoms with Gasteiger partial charge in [0.05, 0.1) is 18.5 Å². The van der Waals surface area contributed by atoms with Gasteiger partial charge in [0, 0.05) is 14.7 Å². The predicted octanol–water partition coefficient (Wildman–Crippen LogP) is 4.69. The van der Waals surface area contributed by atoms with Crippen LogP contribution in [0, 0.1) is 15.3 Å². The topological polar surface area (TPSA) is 116 Å². The van der Waals surface area contributed by atoms with Crippen molar-refractivity contribution >= 4 is 22.6 Å². The number of aromatic amines is 2. The van der Waals surface area contributed by atoms with Gasteiger partial charge in [0.15, 0.2) is 0 Å². The summed E-state index contributed by atoms with van der Waals surface area (Å²) in [5.74, 6) is 0.345. The highest BCUT2D eigenvalue weighted by Gasteiger charge is 2.29. The molecule has 4 rings (SSSR count). The van der Waals surface area contributed by atoms with Crippen LogP contribution in [0.4, 0.5) is 4.39 Å². The van der Waals surface area contributed by atoms with Crippen molar-refractivity contribution < 1.29 is 19.3 Å². The van der Waals surface area contributed by atoms with Gasteiger partial charge in [-0.15, -0.1) is 0 Å². The van der Waals surface area contributed by atoms with Gasteiger partial charge in [-0.3, -0.25) is 4.57 Å². The molecule has 0 aliphatic rings. The zero-order chi connectivity index (χ0) is 25.1. The number of aliphatic hydroxyl groups excluding tert-OH is 1. The summed E-state index contributed by atoms with van der Waals surface area (Å²) >= 11 is 2.05. The number of aliphatic hydroxyl groups is 1. The number of hydrogen-bond acceptors (Lipinski definition) is 5. The molecular formula is C25H26FIN4O4. The van der Waals surface area contributed by atoms with E-state index in [0.29, 0.717) is 34.8 Å². The average molecular weight is 592 g/mol. The number of hydrogen-bond donors (Lipinski definition) is 4. The van der Waals surface area contributed by atoms with Gasteiger partial charge in [-0.25, -0.2) is 14.2 Å². The number of nitrogens with zero attached hydrogens (tertiary/aromatic N) is 2. The largest absolute Gasteiger partial charge is 0.493 e. The molecule has 0 spiro atoms. The standard InChI is InChI=1S/C25H26FIN4O4/c1-3-14(2)22(23-28-13-20(29-23)18-9-6-16(27)12-19(18)26)31-24(33)21(30-25(31)34)15-4-7-17(8-5-15)35-11-10-32/h4-9,12-14,22,32-33H,3,10-11H2,1-2H3,(H,28,29)(H,30,34)/t14-,22-/m0/s1. The number of ether oxygens (including phenoxy) is 1. The lowest BCUT2D eigenvalue weighted by Gasteiger charge is -2.22. The molecule has 35 heavy (non-hydrogen) atoms. The molecule has 2 atom stereocenters. The Morgan fingerprint density at radius 1 is 1.20 bits per heavy atom. The van der Waals surface area contributed by atoms with Gasteiger partial charge in [-0.1, -0.05) is 20.3 Å². The predicted molar refractivity (Wildman–Crippen MR) is 139 cm³/mol. The van der Waals surface area contributed by atoms with E-state index >= 15 is 0 Å². The Labute approximate surface area is 215 Å². The summed E-state index contributed by atoms with van der Waals surface area (Å²) in [6, 6.07) is 11.1. The molecule has 2 aromatic heterocycles. The number of benzene rings is 2. The summed E-state index contributed by atoms with van der Waals surface area (Å²) in [7, 11) is 0. The third-order valence-corrected chi connectivity index (χ3v) is 6.63. The van der Waals surface area contributed by atoms with Crippen molar-refractivity contribution in [1.29, 1.82) is 0 Å². The Balaban J connectivity index is 1.73. The summed E-state index contributed by atoms with van der Waals surface area (Å²) in [4.78, 5) is 23.4. The van der Waals surface area contributed by atoms with Gasteiger partial charge >= 0.3 is 5.69 Å². The van der Waals surface area contributed by atoms with Crippen LogP contribution in [0.25, 0.3) is 22.5 Å². The highest BCUT2D eigenvalue weighted by molar-refractivity contribution is 14.1. The van der Waals surface area contributed by atoms with E-state index < -0.39 is 11.7 Å². The normalized spacial score (nSPS) is 13.1. The molecule has 2 aromatic carbocycles. The van der Waals surface area contributed by atoms with Crippen LogP contribution in [0.5, 0.6) is 11.6 Å². The summed E-state index contributed by atoms with van der Waals surface area (Å²) in [5, 5.41) is 20.0. The maximum atomic E-state index is 14.5. The lowest BCUT2D eigenvalue weighted by molar-refractivity contribution is 0.201. The molecular weight excluding hydrogens is 566 g/mol. The Hall–Kier alpha value is -3.12. The van der Waals surface area contributed by atoms with E-state index in [9.17, 15) is 14.3 Å². The zero-order valence-corrected chi connectivity index (χ0v) is 21.4. The molecule has 10 heteroatoms. The quantitative estimate of drug-likeness (QED) is 0.211. The van der Waals surface area contributed by atoms with Gasteiger partial charge < -0.3 is 24.9 Å². The SMILES string of the molecule is CC[C@H](C)[C@@H](c1ncc(-c2ccc(I)cc2F)[nH]1)n1c(O)c(-c2ccc(OCCO)cc2)[nH]c1=O. The van der Waals surface area contributed by atoms with E-state index in [-0.39, 0.29) is 36.5 Å². The van der Waals surface area contributed by atoms with E-state index in [1.807, 2.05) is 36.4 Å². The van der Waals surface area contributed by atoms with E-state index in [1.54, 1.807) is 36.4 Å². The van der Waals surface area contributed by atoms with Gasteiger partial charge in [-0.2, -0.15) is 0 Å². The van der Waals surface area contributed by atoms with Crippen molar-refractivity contribution in [3.8, 4) is 34.1 Å². The number of aromatic hydroxyl groups is 1. The third kappa shape index (κ3) is 5.13. The van der Waals surface area contributed by atoms with Gasteiger partial charge in [0.25, 0.3) is 0 Å². The second-order valence-corrected chi connectivity index (χ2v) is 9.48. The molecule has 0 aliphatic carbocycles. The van der Waals surface area contributed by atoms with Gasteiger partial charge in [0.1, 0.15) is 35.7 Å². The van der Waals surface area contributed by atoms with Crippen LogP contribution in [0.2, 0.25) is 0 Å². The molecule has 0 bridgehead atoms. The zero-order valence-electron chi connectivity index (χ0n) is 19.3. The molecule has 0 aliphatic heterocycles. The maximum Gasteiger partial charge on any atom is 0.329 e. The van der Waals surface area contributed by atoms with Gasteiger partial charge in [0.2, 0.25) is 5.88 Å². The molecule has 4 aromatic rings. The maximum absolute atomic E-state index is 14.5. The minimum atomic E-state index is -0.606. The Bertz CT molecular complexity index is 1360. The Kier molecular flexibility index (Phi) is 7.60. The third-order valence-electron chi connectivity index (χ3n) is 5.96. The fourth-order valence-corrected chi connectivity index (χ4v) is 4.43. The fourth-order valence-electron chi connectivity index (χ4n) is 3.98. The van der Waals surface area contributed by atoms with Crippen LogP contribution in [-0.4, -0.2) is 42.9 Å². The Morgan fingerprint density at radius 3 is 2.60 bits per heavy atom. The number of halogens is 2. The Morgan fingerprint density at radius 2 is 1.94 bits per heavy atom. The molecule has 0 unspecified atom stereocenters. The van der Waals surface area contributed by atoms with Crippen molar-refractivity contribution in [3.05, 3.63) is 74.4 Å². The first kappa shape index (κ1) is 25.0. The monoisotopic (exact) mass is 592 g/mol. The molecule has 8 nitrogen and oxygen atoms in total. The molecule has 0 radical (unpaired) electrons.